The molecule has 5 nitrogen and oxygen atoms in total. The molecule has 0 saturated carbocycles. The molecular formula is C19H22N2O3. The molecular weight excluding hydrogens is 304 g/mol. The molecule has 5 heteroatoms. The molecule has 2 amide bonds. The van der Waals surface area contributed by atoms with Crippen molar-refractivity contribution in [2.45, 2.75) is 20.8 Å². The monoisotopic (exact) mass is 326 g/mol. The Labute approximate surface area is 142 Å². The van der Waals surface area contributed by atoms with Gasteiger partial charge < -0.3 is 15.4 Å². The Morgan fingerprint density at radius 2 is 1.83 bits per heavy atom. The Hall–Kier alpha value is -2.82. The van der Waals surface area contributed by atoms with Crippen LogP contribution in [0.5, 0.6) is 5.75 Å². The normalized spacial score (nSPS) is 10.1. The SMILES string of the molecule is CCNC(=O)c1cccc(NC(=O)COc2ccc(C)c(C)c2)c1. The molecule has 0 aliphatic carbocycles. The Morgan fingerprint density at radius 3 is 2.54 bits per heavy atom. The van der Waals surface area contributed by atoms with Crippen molar-refractivity contribution in [2.24, 2.45) is 0 Å². The van der Waals surface area contributed by atoms with Crippen LogP contribution < -0.4 is 15.4 Å². The predicted octanol–water partition coefficient (Wildman–Crippen LogP) is 3.07. The third-order valence-corrected chi connectivity index (χ3v) is 3.59. The third-order valence-electron chi connectivity index (χ3n) is 3.59. The van der Waals surface area contributed by atoms with Gasteiger partial charge in [-0.2, -0.15) is 0 Å². The van der Waals surface area contributed by atoms with E-state index < -0.39 is 0 Å². The lowest BCUT2D eigenvalue weighted by molar-refractivity contribution is -0.118. The molecule has 0 fully saturated rings. The van der Waals surface area contributed by atoms with Crippen molar-refractivity contribution < 1.29 is 14.3 Å². The zero-order valence-electron chi connectivity index (χ0n) is 14.2. The fraction of sp³-hybridized carbons (Fsp3) is 0.263. The Morgan fingerprint density at radius 1 is 1.04 bits per heavy atom. The fourth-order valence-corrected chi connectivity index (χ4v) is 2.15. The van der Waals surface area contributed by atoms with Crippen molar-refractivity contribution in [3.05, 3.63) is 59.2 Å². The van der Waals surface area contributed by atoms with Crippen molar-refractivity contribution >= 4 is 17.5 Å². The summed E-state index contributed by atoms with van der Waals surface area (Å²) in [7, 11) is 0. The van der Waals surface area contributed by atoms with Gasteiger partial charge >= 0.3 is 0 Å². The lowest BCUT2D eigenvalue weighted by atomic mass is 10.1. The first-order valence-electron chi connectivity index (χ1n) is 7.87. The van der Waals surface area contributed by atoms with Gasteiger partial charge in [-0.15, -0.1) is 0 Å². The summed E-state index contributed by atoms with van der Waals surface area (Å²) in [6.45, 7) is 6.34. The minimum atomic E-state index is -0.277. The number of anilines is 1. The van der Waals surface area contributed by atoms with E-state index in [2.05, 4.69) is 10.6 Å². The molecule has 0 aromatic heterocycles. The molecule has 0 aliphatic heterocycles. The van der Waals surface area contributed by atoms with Gasteiger partial charge in [-0.3, -0.25) is 9.59 Å². The quantitative estimate of drug-likeness (QED) is 0.857. The number of ether oxygens (including phenoxy) is 1. The molecule has 0 radical (unpaired) electrons. The number of rotatable bonds is 6. The highest BCUT2D eigenvalue weighted by molar-refractivity contribution is 5.97. The van der Waals surface area contributed by atoms with Crippen LogP contribution in [0.2, 0.25) is 0 Å². The minimum absolute atomic E-state index is 0.0894. The second-order valence-corrected chi connectivity index (χ2v) is 5.52. The maximum atomic E-state index is 12.0. The van der Waals surface area contributed by atoms with Crippen LogP contribution in [0.3, 0.4) is 0 Å². The van der Waals surface area contributed by atoms with Crippen LogP contribution in [-0.2, 0) is 4.79 Å². The van der Waals surface area contributed by atoms with Crippen molar-refractivity contribution in [1.82, 2.24) is 5.32 Å². The van der Waals surface area contributed by atoms with Gasteiger partial charge in [0.05, 0.1) is 0 Å². The summed E-state index contributed by atoms with van der Waals surface area (Å²) in [4.78, 5) is 23.8. The summed E-state index contributed by atoms with van der Waals surface area (Å²) in [5.41, 5.74) is 3.36. The molecule has 0 aliphatic rings. The van der Waals surface area contributed by atoms with Crippen molar-refractivity contribution in [1.29, 1.82) is 0 Å². The molecule has 2 aromatic rings. The third kappa shape index (κ3) is 4.84. The van der Waals surface area contributed by atoms with E-state index in [1.807, 2.05) is 39.0 Å². The number of amides is 2. The number of hydrogen-bond donors (Lipinski definition) is 2. The maximum absolute atomic E-state index is 12.0. The van der Waals surface area contributed by atoms with E-state index in [-0.39, 0.29) is 18.4 Å². The van der Waals surface area contributed by atoms with E-state index >= 15 is 0 Å². The number of aryl methyl sites for hydroxylation is 2. The largest absolute Gasteiger partial charge is 0.484 e. The molecule has 0 saturated heterocycles. The Kier molecular flexibility index (Phi) is 5.95. The maximum Gasteiger partial charge on any atom is 0.262 e. The van der Waals surface area contributed by atoms with Crippen molar-refractivity contribution in [2.75, 3.05) is 18.5 Å². The van der Waals surface area contributed by atoms with E-state index in [1.165, 1.54) is 5.56 Å². The van der Waals surface area contributed by atoms with Crippen molar-refractivity contribution in [3.63, 3.8) is 0 Å². The molecule has 0 unspecified atom stereocenters. The van der Waals surface area contributed by atoms with Crippen molar-refractivity contribution in [3.8, 4) is 5.75 Å². The first kappa shape index (κ1) is 17.5. The zero-order valence-corrected chi connectivity index (χ0v) is 14.2. The zero-order chi connectivity index (χ0) is 17.5. The van der Waals surface area contributed by atoms with E-state index in [0.29, 0.717) is 23.5 Å². The molecule has 2 aromatic carbocycles. The molecule has 126 valence electrons. The topological polar surface area (TPSA) is 67.4 Å². The lowest BCUT2D eigenvalue weighted by Gasteiger charge is -2.10. The van der Waals surface area contributed by atoms with E-state index in [1.54, 1.807) is 24.3 Å². The molecule has 2 rings (SSSR count). The van der Waals surface area contributed by atoms with E-state index in [0.717, 1.165) is 5.56 Å². The van der Waals surface area contributed by atoms with Gasteiger partial charge in [-0.25, -0.2) is 0 Å². The van der Waals surface area contributed by atoms with Gasteiger partial charge in [0.1, 0.15) is 5.75 Å². The molecule has 0 bridgehead atoms. The van der Waals surface area contributed by atoms with Gasteiger partial charge in [-0.1, -0.05) is 12.1 Å². The summed E-state index contributed by atoms with van der Waals surface area (Å²) >= 11 is 0. The Bertz CT molecular complexity index is 741. The lowest BCUT2D eigenvalue weighted by Crippen LogP contribution is -2.23. The predicted molar refractivity (Wildman–Crippen MR) is 94.5 cm³/mol. The summed E-state index contributed by atoms with van der Waals surface area (Å²) in [6, 6.07) is 12.5. The smallest absolute Gasteiger partial charge is 0.262 e. The first-order chi connectivity index (χ1) is 11.5. The second kappa shape index (κ2) is 8.15. The van der Waals surface area contributed by atoms with Crippen LogP contribution in [0.1, 0.15) is 28.4 Å². The summed E-state index contributed by atoms with van der Waals surface area (Å²) < 4.78 is 5.50. The number of benzene rings is 2. The Balaban J connectivity index is 1.93. The molecule has 0 heterocycles. The molecule has 24 heavy (non-hydrogen) atoms. The van der Waals surface area contributed by atoms with Crippen LogP contribution in [-0.4, -0.2) is 25.0 Å². The summed E-state index contributed by atoms with van der Waals surface area (Å²) in [6.07, 6.45) is 0. The van der Waals surface area contributed by atoms with Gasteiger partial charge in [-0.05, 0) is 62.2 Å². The number of hydrogen-bond acceptors (Lipinski definition) is 3. The minimum Gasteiger partial charge on any atom is -0.484 e. The van der Waals surface area contributed by atoms with Gasteiger partial charge in [0.15, 0.2) is 6.61 Å². The first-order valence-corrected chi connectivity index (χ1v) is 7.87. The van der Waals surface area contributed by atoms with Crippen LogP contribution in [0, 0.1) is 13.8 Å². The van der Waals surface area contributed by atoms with Crippen LogP contribution in [0.4, 0.5) is 5.69 Å². The summed E-state index contributed by atoms with van der Waals surface area (Å²) in [5, 5.41) is 5.45. The highest BCUT2D eigenvalue weighted by Gasteiger charge is 2.08. The summed E-state index contributed by atoms with van der Waals surface area (Å²) in [5.74, 6) is 0.214. The van der Waals surface area contributed by atoms with Gasteiger partial charge in [0.25, 0.3) is 11.8 Å². The molecule has 0 spiro atoms. The average Bonchev–Trinajstić information content (AvgIpc) is 2.56. The molecule has 0 atom stereocenters. The van der Waals surface area contributed by atoms with Crippen LogP contribution in [0.25, 0.3) is 0 Å². The van der Waals surface area contributed by atoms with Crippen LogP contribution >= 0.6 is 0 Å². The average molecular weight is 326 g/mol. The molecule has 2 N–H and O–H groups in total. The number of carbonyl (C=O) groups excluding carboxylic acids is 2. The highest BCUT2D eigenvalue weighted by Crippen LogP contribution is 2.16. The van der Waals surface area contributed by atoms with Gasteiger partial charge in [0, 0.05) is 17.8 Å². The van der Waals surface area contributed by atoms with Gasteiger partial charge in [0.2, 0.25) is 0 Å². The van der Waals surface area contributed by atoms with Crippen LogP contribution in [0.15, 0.2) is 42.5 Å². The number of nitrogens with one attached hydrogen (secondary N) is 2. The van der Waals surface area contributed by atoms with E-state index in [4.69, 9.17) is 4.74 Å². The highest BCUT2D eigenvalue weighted by atomic mass is 16.5. The fourth-order valence-electron chi connectivity index (χ4n) is 2.15. The van der Waals surface area contributed by atoms with E-state index in [9.17, 15) is 9.59 Å². The number of carbonyl (C=O) groups is 2. The standard InChI is InChI=1S/C19H22N2O3/c1-4-20-19(23)15-6-5-7-16(11-15)21-18(22)12-24-17-9-8-13(2)14(3)10-17/h5-11H,4,12H2,1-3H3,(H,20,23)(H,21,22). The second-order valence-electron chi connectivity index (χ2n) is 5.52.